The fourth-order valence-electron chi connectivity index (χ4n) is 1.22. The lowest BCUT2D eigenvalue weighted by atomic mass is 9.89. The molecular weight excluding hydrogens is 179 g/mol. The monoisotopic (exact) mass is 198 g/mol. The molecule has 1 fully saturated rings. The van der Waals surface area contributed by atoms with Crippen molar-refractivity contribution in [2.75, 3.05) is 0 Å². The number of rotatable bonds is 2. The molecule has 0 amide bonds. The molecule has 14 heavy (non-hydrogen) atoms. The Balaban J connectivity index is 2.64. The number of aliphatic hydroxyl groups is 1. The predicted molar refractivity (Wildman–Crippen MR) is 56.9 cm³/mol. The Labute approximate surface area is 86.2 Å². The molecule has 1 atom stereocenters. The molecule has 0 aromatic heterocycles. The number of hydrogen-bond acceptors (Lipinski definition) is 3. The molecule has 1 N–H and O–H groups in total. The molecule has 3 nitrogen and oxygen atoms in total. The van der Waals surface area contributed by atoms with Crippen molar-refractivity contribution >= 4 is 7.12 Å². The first-order chi connectivity index (χ1) is 6.24. The molecule has 1 unspecified atom stereocenters. The van der Waals surface area contributed by atoms with Crippen LogP contribution in [-0.2, 0) is 9.31 Å². The van der Waals surface area contributed by atoms with Gasteiger partial charge in [0, 0.05) is 0 Å². The van der Waals surface area contributed by atoms with Crippen LogP contribution >= 0.6 is 0 Å². The summed E-state index contributed by atoms with van der Waals surface area (Å²) in [7, 11) is -0.352. The van der Waals surface area contributed by atoms with Crippen molar-refractivity contribution in [2.24, 2.45) is 0 Å². The highest BCUT2D eigenvalue weighted by atomic mass is 16.7. The first kappa shape index (κ1) is 11.8. The van der Waals surface area contributed by atoms with Crippen LogP contribution < -0.4 is 0 Å². The Hall–Kier alpha value is -0.315. The minimum absolute atomic E-state index is 0.305. The summed E-state index contributed by atoms with van der Waals surface area (Å²) in [6, 6.07) is 0. The van der Waals surface area contributed by atoms with Gasteiger partial charge >= 0.3 is 7.12 Å². The van der Waals surface area contributed by atoms with E-state index in [1.54, 1.807) is 19.0 Å². The van der Waals surface area contributed by atoms with Crippen LogP contribution in [0.2, 0.25) is 0 Å². The van der Waals surface area contributed by atoms with Crippen LogP contribution in [-0.4, -0.2) is 29.5 Å². The van der Waals surface area contributed by atoms with Gasteiger partial charge in [-0.3, -0.25) is 0 Å². The number of aliphatic hydroxyl groups excluding tert-OH is 1. The van der Waals surface area contributed by atoms with E-state index in [2.05, 4.69) is 0 Å². The zero-order chi connectivity index (χ0) is 11.0. The van der Waals surface area contributed by atoms with Crippen LogP contribution in [0.15, 0.2) is 12.1 Å². The van der Waals surface area contributed by atoms with Crippen LogP contribution in [0.3, 0.4) is 0 Å². The minimum Gasteiger partial charge on any atom is -0.400 e. The maximum absolute atomic E-state index is 9.07. The normalized spacial score (nSPS) is 27.1. The van der Waals surface area contributed by atoms with Gasteiger partial charge in [0.25, 0.3) is 0 Å². The Kier molecular flexibility index (Phi) is 3.09. The molecule has 1 aliphatic rings. The van der Waals surface area contributed by atoms with E-state index in [9.17, 15) is 0 Å². The zero-order valence-electron chi connectivity index (χ0n) is 9.57. The summed E-state index contributed by atoms with van der Waals surface area (Å²) in [5.74, 6) is 1.75. The molecule has 0 aromatic carbocycles. The third kappa shape index (κ3) is 2.38. The molecule has 80 valence electrons. The Morgan fingerprint density at radius 1 is 1.14 bits per heavy atom. The van der Waals surface area contributed by atoms with Gasteiger partial charge in [-0.05, 0) is 34.6 Å². The molecule has 0 aromatic rings. The summed E-state index contributed by atoms with van der Waals surface area (Å²) in [5, 5.41) is 9.07. The van der Waals surface area contributed by atoms with Gasteiger partial charge in [-0.2, -0.15) is 0 Å². The summed E-state index contributed by atoms with van der Waals surface area (Å²) < 4.78 is 11.4. The van der Waals surface area contributed by atoms with E-state index in [4.69, 9.17) is 14.4 Å². The first-order valence-corrected chi connectivity index (χ1v) is 4.97. The third-order valence-corrected chi connectivity index (χ3v) is 2.82. The van der Waals surface area contributed by atoms with E-state index >= 15 is 0 Å². The molecule has 0 spiro atoms. The van der Waals surface area contributed by atoms with Crippen LogP contribution in [0.1, 0.15) is 34.6 Å². The average molecular weight is 198 g/mol. The highest BCUT2D eigenvalue weighted by molar-refractivity contribution is 6.51. The molecule has 0 aliphatic carbocycles. The largest absolute Gasteiger partial charge is 0.486 e. The van der Waals surface area contributed by atoms with Gasteiger partial charge in [0.1, 0.15) is 0 Å². The first-order valence-electron chi connectivity index (χ1n) is 4.97. The Morgan fingerprint density at radius 3 is 1.93 bits per heavy atom. The molecular formula is C10H19BO3. The predicted octanol–water partition coefficient (Wildman–Crippen LogP) is 1.55. The second kappa shape index (κ2) is 3.68. The SMILES string of the molecule is CC(O)C=CB1OC(C)(C)C(C)(C)O1. The molecule has 1 heterocycles. The maximum Gasteiger partial charge on any atom is 0.486 e. The molecule has 0 saturated carbocycles. The molecule has 4 heteroatoms. The van der Waals surface area contributed by atoms with Crippen LogP contribution in [0, 0.1) is 0 Å². The van der Waals surface area contributed by atoms with Gasteiger partial charge < -0.3 is 14.4 Å². The van der Waals surface area contributed by atoms with Gasteiger partial charge in [-0.1, -0.05) is 12.1 Å². The standard InChI is InChI=1S/C10H19BO3/c1-8(12)6-7-11-13-9(2,3)10(4,5)14-11/h6-8,12H,1-5H3. The number of hydrogen-bond donors (Lipinski definition) is 1. The average Bonchev–Trinajstić information content (AvgIpc) is 2.17. The van der Waals surface area contributed by atoms with Crippen molar-refractivity contribution in [1.29, 1.82) is 0 Å². The van der Waals surface area contributed by atoms with E-state index in [1.807, 2.05) is 27.7 Å². The highest BCUT2D eigenvalue weighted by Crippen LogP contribution is 2.36. The quantitative estimate of drug-likeness (QED) is 0.684. The van der Waals surface area contributed by atoms with E-state index in [-0.39, 0.29) is 18.3 Å². The summed E-state index contributed by atoms with van der Waals surface area (Å²) in [5.41, 5.74) is -0.610. The molecule has 1 aliphatic heterocycles. The summed E-state index contributed by atoms with van der Waals surface area (Å²) in [6.45, 7) is 9.71. The topological polar surface area (TPSA) is 38.7 Å². The van der Waals surface area contributed by atoms with Gasteiger partial charge in [-0.15, -0.1) is 0 Å². The van der Waals surface area contributed by atoms with Crippen molar-refractivity contribution in [3.05, 3.63) is 12.1 Å². The fraction of sp³-hybridized carbons (Fsp3) is 0.800. The van der Waals surface area contributed by atoms with Gasteiger partial charge in [0.15, 0.2) is 0 Å². The van der Waals surface area contributed by atoms with Crippen molar-refractivity contribution in [3.8, 4) is 0 Å². The lowest BCUT2D eigenvalue weighted by Crippen LogP contribution is -2.41. The lowest BCUT2D eigenvalue weighted by Gasteiger charge is -2.32. The van der Waals surface area contributed by atoms with Gasteiger partial charge in [-0.25, -0.2) is 0 Å². The van der Waals surface area contributed by atoms with Crippen LogP contribution in [0.5, 0.6) is 0 Å². The van der Waals surface area contributed by atoms with E-state index < -0.39 is 6.10 Å². The molecule has 1 rings (SSSR count). The fourth-order valence-corrected chi connectivity index (χ4v) is 1.22. The Morgan fingerprint density at radius 2 is 1.57 bits per heavy atom. The van der Waals surface area contributed by atoms with Crippen molar-refractivity contribution in [2.45, 2.75) is 51.9 Å². The zero-order valence-corrected chi connectivity index (χ0v) is 9.57. The van der Waals surface area contributed by atoms with Crippen molar-refractivity contribution in [3.63, 3.8) is 0 Å². The second-order valence-electron chi connectivity index (χ2n) is 4.75. The van der Waals surface area contributed by atoms with E-state index in [1.165, 1.54) is 0 Å². The van der Waals surface area contributed by atoms with Gasteiger partial charge in [0.05, 0.1) is 17.3 Å². The maximum atomic E-state index is 9.07. The van der Waals surface area contributed by atoms with Gasteiger partial charge in [0.2, 0.25) is 0 Å². The van der Waals surface area contributed by atoms with Crippen LogP contribution in [0.25, 0.3) is 0 Å². The highest BCUT2D eigenvalue weighted by Gasteiger charge is 2.49. The lowest BCUT2D eigenvalue weighted by molar-refractivity contribution is 0.00578. The van der Waals surface area contributed by atoms with Crippen molar-refractivity contribution < 1.29 is 14.4 Å². The molecule has 0 bridgehead atoms. The van der Waals surface area contributed by atoms with E-state index in [0.717, 1.165) is 0 Å². The summed E-state index contributed by atoms with van der Waals surface area (Å²) >= 11 is 0. The third-order valence-electron chi connectivity index (χ3n) is 2.82. The summed E-state index contributed by atoms with van der Waals surface area (Å²) in [4.78, 5) is 0. The van der Waals surface area contributed by atoms with Crippen molar-refractivity contribution in [1.82, 2.24) is 0 Å². The van der Waals surface area contributed by atoms with E-state index in [0.29, 0.717) is 0 Å². The Bertz CT molecular complexity index is 218. The second-order valence-corrected chi connectivity index (χ2v) is 4.75. The minimum atomic E-state index is -0.464. The summed E-state index contributed by atoms with van der Waals surface area (Å²) in [6.07, 6.45) is 1.20. The smallest absolute Gasteiger partial charge is 0.400 e. The van der Waals surface area contributed by atoms with Crippen LogP contribution in [0.4, 0.5) is 0 Å². The molecule has 0 radical (unpaired) electrons. The molecule has 1 saturated heterocycles.